The monoisotopic (exact) mass is 244 g/mol. The van der Waals surface area contributed by atoms with E-state index in [0.717, 1.165) is 12.0 Å². The Morgan fingerprint density at radius 3 is 2.87 bits per heavy atom. The average Bonchev–Trinajstić information content (AvgIpc) is 2.66. The normalized spacial score (nSPS) is 20.7. The van der Waals surface area contributed by atoms with Gasteiger partial charge in [-0.25, -0.2) is 0 Å². The molecule has 0 spiro atoms. The smallest absolute Gasteiger partial charge is 0.311 e. The quantitative estimate of drug-likeness (QED) is 0.742. The fourth-order valence-electron chi connectivity index (χ4n) is 1.35. The highest BCUT2D eigenvalue weighted by Gasteiger charge is 2.23. The van der Waals surface area contributed by atoms with Gasteiger partial charge in [0, 0.05) is 12.7 Å². The largest absolute Gasteiger partial charge is 0.333 e. The van der Waals surface area contributed by atoms with Crippen LogP contribution in [-0.2, 0) is 27.4 Å². The van der Waals surface area contributed by atoms with Crippen LogP contribution in [0.15, 0.2) is 29.2 Å². The molecule has 0 aliphatic carbocycles. The molecule has 1 aromatic rings. The van der Waals surface area contributed by atoms with E-state index in [1.165, 1.54) is 0 Å². The van der Waals surface area contributed by atoms with Gasteiger partial charge < -0.3 is 13.6 Å². The number of pyridine rings is 1. The summed E-state index contributed by atoms with van der Waals surface area (Å²) in [5.41, 5.74) is 0.824. The second-order valence-corrected chi connectivity index (χ2v) is 6.12. The Kier molecular flexibility index (Phi) is 3.36. The molecular formula is C9H13N2O2PS. The van der Waals surface area contributed by atoms with Crippen molar-refractivity contribution in [2.45, 2.75) is 13.5 Å². The van der Waals surface area contributed by atoms with E-state index in [4.69, 9.17) is 20.9 Å². The maximum absolute atomic E-state index is 5.37. The SMILES string of the molecule is CCn1ccccc1=NP1(=S)OCCO1. The molecule has 0 N–H and O–H groups in total. The number of hydrogen-bond acceptors (Lipinski definition) is 3. The number of rotatable bonds is 2. The van der Waals surface area contributed by atoms with Crippen molar-refractivity contribution < 1.29 is 9.05 Å². The topological polar surface area (TPSA) is 35.8 Å². The summed E-state index contributed by atoms with van der Waals surface area (Å²) in [6.07, 6.45) is 1.97. The lowest BCUT2D eigenvalue weighted by Crippen LogP contribution is -2.18. The fraction of sp³-hybridized carbons (Fsp3) is 0.444. The Morgan fingerprint density at radius 2 is 2.20 bits per heavy atom. The second kappa shape index (κ2) is 4.58. The van der Waals surface area contributed by atoms with Crippen molar-refractivity contribution in [3.63, 3.8) is 0 Å². The molecule has 1 fully saturated rings. The van der Waals surface area contributed by atoms with E-state index in [2.05, 4.69) is 11.7 Å². The Balaban J connectivity index is 2.44. The highest BCUT2D eigenvalue weighted by Crippen LogP contribution is 2.52. The molecule has 0 aromatic carbocycles. The Morgan fingerprint density at radius 1 is 1.47 bits per heavy atom. The van der Waals surface area contributed by atoms with Gasteiger partial charge in [0.15, 0.2) is 0 Å². The van der Waals surface area contributed by atoms with Gasteiger partial charge in [-0.3, -0.25) is 0 Å². The summed E-state index contributed by atoms with van der Waals surface area (Å²) < 4.78 is 17.2. The summed E-state index contributed by atoms with van der Waals surface area (Å²) >= 11 is 5.24. The zero-order valence-corrected chi connectivity index (χ0v) is 10.2. The Bertz CT molecular complexity index is 447. The summed E-state index contributed by atoms with van der Waals surface area (Å²) in [7, 11) is 0. The lowest BCUT2D eigenvalue weighted by atomic mass is 10.5. The molecule has 0 unspecified atom stereocenters. The molecule has 1 aliphatic heterocycles. The van der Waals surface area contributed by atoms with Gasteiger partial charge in [0.05, 0.1) is 13.2 Å². The first kappa shape index (κ1) is 11.0. The van der Waals surface area contributed by atoms with Crippen molar-refractivity contribution in [3.05, 3.63) is 29.9 Å². The maximum atomic E-state index is 5.37. The van der Waals surface area contributed by atoms with Crippen molar-refractivity contribution in [1.29, 1.82) is 0 Å². The average molecular weight is 244 g/mol. The van der Waals surface area contributed by atoms with E-state index < -0.39 is 6.64 Å². The van der Waals surface area contributed by atoms with E-state index in [1.54, 1.807) is 0 Å². The van der Waals surface area contributed by atoms with Crippen LogP contribution in [0.4, 0.5) is 0 Å². The Labute approximate surface area is 93.8 Å². The minimum atomic E-state index is -2.39. The number of hydrogen-bond donors (Lipinski definition) is 0. The van der Waals surface area contributed by atoms with Crippen LogP contribution in [0, 0.1) is 0 Å². The van der Waals surface area contributed by atoms with E-state index in [-0.39, 0.29) is 0 Å². The van der Waals surface area contributed by atoms with Crippen LogP contribution in [0.2, 0.25) is 0 Å². The summed E-state index contributed by atoms with van der Waals surface area (Å²) in [6, 6.07) is 5.82. The molecule has 2 rings (SSSR count). The minimum absolute atomic E-state index is 0.555. The first-order valence-electron chi connectivity index (χ1n) is 4.84. The molecule has 1 aromatic heterocycles. The van der Waals surface area contributed by atoms with Crippen LogP contribution in [0.1, 0.15) is 6.92 Å². The third-order valence-corrected chi connectivity index (χ3v) is 4.42. The van der Waals surface area contributed by atoms with Crippen molar-refractivity contribution >= 4 is 18.4 Å². The zero-order chi connectivity index (χ0) is 10.7. The van der Waals surface area contributed by atoms with Gasteiger partial charge in [0.25, 0.3) is 0 Å². The van der Waals surface area contributed by atoms with Crippen molar-refractivity contribution in [2.75, 3.05) is 13.2 Å². The molecule has 0 radical (unpaired) electrons. The minimum Gasteiger partial charge on any atom is -0.333 e. The number of nitrogens with zero attached hydrogens (tertiary/aromatic N) is 2. The van der Waals surface area contributed by atoms with E-state index in [9.17, 15) is 0 Å². The van der Waals surface area contributed by atoms with E-state index in [0.29, 0.717) is 13.2 Å². The summed E-state index contributed by atoms with van der Waals surface area (Å²) in [6.45, 7) is 1.63. The summed E-state index contributed by atoms with van der Waals surface area (Å²) in [5.74, 6) is 0. The summed E-state index contributed by atoms with van der Waals surface area (Å²) in [5, 5.41) is 0. The van der Waals surface area contributed by atoms with Crippen LogP contribution < -0.4 is 5.49 Å². The molecule has 1 aliphatic rings. The zero-order valence-electron chi connectivity index (χ0n) is 8.50. The molecule has 0 bridgehead atoms. The maximum Gasteiger partial charge on any atom is 0.311 e. The molecule has 15 heavy (non-hydrogen) atoms. The standard InChI is InChI=1S/C9H13N2O2PS/c1-2-11-6-4-3-5-9(11)10-14(15)12-7-8-13-14/h3-6H,2,7-8H2,1H3. The first-order chi connectivity index (χ1) is 7.23. The predicted molar refractivity (Wildman–Crippen MR) is 61.9 cm³/mol. The highest BCUT2D eigenvalue weighted by atomic mass is 32.5. The van der Waals surface area contributed by atoms with Crippen LogP contribution >= 0.6 is 6.64 Å². The van der Waals surface area contributed by atoms with Crippen LogP contribution in [-0.4, -0.2) is 17.8 Å². The van der Waals surface area contributed by atoms with E-state index in [1.807, 2.05) is 29.0 Å². The van der Waals surface area contributed by atoms with Crippen molar-refractivity contribution in [2.24, 2.45) is 4.76 Å². The van der Waals surface area contributed by atoms with Crippen LogP contribution in [0.5, 0.6) is 0 Å². The van der Waals surface area contributed by atoms with Crippen LogP contribution in [0.3, 0.4) is 0 Å². The van der Waals surface area contributed by atoms with Gasteiger partial charge in [-0.2, -0.15) is 4.76 Å². The van der Waals surface area contributed by atoms with Crippen LogP contribution in [0.25, 0.3) is 0 Å². The van der Waals surface area contributed by atoms with Gasteiger partial charge in [-0.15, -0.1) is 0 Å². The fourth-order valence-corrected chi connectivity index (χ4v) is 3.28. The molecular weight excluding hydrogens is 231 g/mol. The molecule has 82 valence electrons. The van der Waals surface area contributed by atoms with Gasteiger partial charge in [-0.05, 0) is 30.9 Å². The molecule has 2 heterocycles. The Hall–Kier alpha value is -0.480. The van der Waals surface area contributed by atoms with Gasteiger partial charge in [0.2, 0.25) is 0 Å². The highest BCUT2D eigenvalue weighted by molar-refractivity contribution is 8.09. The molecule has 6 heteroatoms. The second-order valence-electron chi connectivity index (χ2n) is 3.08. The predicted octanol–water partition coefficient (Wildman–Crippen LogP) is 1.68. The molecule has 4 nitrogen and oxygen atoms in total. The molecule has 1 saturated heterocycles. The lowest BCUT2D eigenvalue weighted by molar-refractivity contribution is 0.365. The lowest BCUT2D eigenvalue weighted by Gasteiger charge is -2.08. The summed E-state index contributed by atoms with van der Waals surface area (Å²) in [4.78, 5) is 0. The molecule has 0 amide bonds. The van der Waals surface area contributed by atoms with Crippen molar-refractivity contribution in [3.8, 4) is 0 Å². The number of aryl methyl sites for hydroxylation is 1. The van der Waals surface area contributed by atoms with Gasteiger partial charge in [-0.1, -0.05) is 6.07 Å². The third-order valence-electron chi connectivity index (χ3n) is 2.07. The molecule has 0 saturated carbocycles. The van der Waals surface area contributed by atoms with E-state index >= 15 is 0 Å². The molecule has 0 atom stereocenters. The number of aromatic nitrogens is 1. The van der Waals surface area contributed by atoms with Crippen molar-refractivity contribution in [1.82, 2.24) is 4.57 Å². The first-order valence-corrected chi connectivity index (χ1v) is 7.43. The van der Waals surface area contributed by atoms with Gasteiger partial charge in [0.1, 0.15) is 5.49 Å². The third kappa shape index (κ3) is 2.55. The van der Waals surface area contributed by atoms with Gasteiger partial charge >= 0.3 is 6.64 Å².